The van der Waals surface area contributed by atoms with Crippen molar-refractivity contribution in [3.8, 4) is 0 Å². The van der Waals surface area contributed by atoms with Crippen LogP contribution in [0.2, 0.25) is 0 Å². The van der Waals surface area contributed by atoms with E-state index in [-0.39, 0.29) is 23.1 Å². The van der Waals surface area contributed by atoms with Gasteiger partial charge in [-0.3, -0.25) is 9.59 Å². The fraction of sp³-hybridized carbons (Fsp3) is 0.440. The third-order valence-electron chi connectivity index (χ3n) is 5.68. The lowest BCUT2D eigenvalue weighted by atomic mass is 9.85. The predicted octanol–water partition coefficient (Wildman–Crippen LogP) is 4.79. The molecule has 0 spiro atoms. The van der Waals surface area contributed by atoms with Gasteiger partial charge in [0.2, 0.25) is 11.8 Å². The molecule has 1 aliphatic rings. The van der Waals surface area contributed by atoms with Gasteiger partial charge in [-0.05, 0) is 41.9 Å². The van der Waals surface area contributed by atoms with Gasteiger partial charge in [0, 0.05) is 31.1 Å². The minimum absolute atomic E-state index is 0.0294. The number of nitrogens with one attached hydrogen (secondary N) is 1. The lowest BCUT2D eigenvalue weighted by Gasteiger charge is -2.32. The number of hydrogen-bond donors (Lipinski definition) is 1. The molecule has 2 aromatic carbocycles. The van der Waals surface area contributed by atoms with E-state index < -0.39 is 0 Å². The Labute approximate surface area is 174 Å². The summed E-state index contributed by atoms with van der Waals surface area (Å²) < 4.78 is 0. The van der Waals surface area contributed by atoms with E-state index in [4.69, 9.17) is 0 Å². The molecule has 2 amide bonds. The fourth-order valence-electron chi connectivity index (χ4n) is 3.93. The Balaban J connectivity index is 1.50. The van der Waals surface area contributed by atoms with Crippen molar-refractivity contribution in [3.05, 3.63) is 65.7 Å². The van der Waals surface area contributed by atoms with E-state index in [0.717, 1.165) is 30.5 Å². The van der Waals surface area contributed by atoms with E-state index in [2.05, 4.69) is 44.3 Å². The zero-order chi connectivity index (χ0) is 20.9. The van der Waals surface area contributed by atoms with Gasteiger partial charge in [-0.1, -0.05) is 69.3 Å². The number of anilines is 1. The van der Waals surface area contributed by atoms with Crippen LogP contribution in [0.5, 0.6) is 0 Å². The van der Waals surface area contributed by atoms with Gasteiger partial charge >= 0.3 is 0 Å². The summed E-state index contributed by atoms with van der Waals surface area (Å²) in [5.74, 6) is 0.213. The molecule has 1 N–H and O–H groups in total. The van der Waals surface area contributed by atoms with Gasteiger partial charge in [-0.25, -0.2) is 0 Å². The molecule has 1 fully saturated rings. The van der Waals surface area contributed by atoms with Crippen LogP contribution in [0.15, 0.2) is 54.6 Å². The quantitative estimate of drug-likeness (QED) is 0.795. The predicted molar refractivity (Wildman–Crippen MR) is 118 cm³/mol. The summed E-state index contributed by atoms with van der Waals surface area (Å²) in [6, 6.07) is 18.1. The zero-order valence-corrected chi connectivity index (χ0v) is 17.8. The number of rotatable bonds is 5. The average molecular weight is 393 g/mol. The number of piperidine rings is 1. The Hall–Kier alpha value is -2.62. The molecular formula is C25H32N2O2. The molecule has 1 aliphatic heterocycles. The lowest BCUT2D eigenvalue weighted by Crippen LogP contribution is -2.41. The van der Waals surface area contributed by atoms with Gasteiger partial charge in [-0.2, -0.15) is 0 Å². The third kappa shape index (κ3) is 5.69. The van der Waals surface area contributed by atoms with Crippen LogP contribution in [-0.4, -0.2) is 29.8 Å². The minimum atomic E-state index is -0.0406. The monoisotopic (exact) mass is 392 g/mol. The molecule has 29 heavy (non-hydrogen) atoms. The van der Waals surface area contributed by atoms with Gasteiger partial charge < -0.3 is 10.2 Å². The highest BCUT2D eigenvalue weighted by Gasteiger charge is 2.28. The van der Waals surface area contributed by atoms with Crippen molar-refractivity contribution < 1.29 is 9.59 Å². The van der Waals surface area contributed by atoms with Gasteiger partial charge in [0.05, 0.1) is 0 Å². The second-order valence-electron chi connectivity index (χ2n) is 8.93. The SMILES string of the molecule is CC(C)(C)c1ccccc1NC(=O)C1CCN(C(=O)CCc2ccccc2)CC1. The summed E-state index contributed by atoms with van der Waals surface area (Å²) in [7, 11) is 0. The lowest BCUT2D eigenvalue weighted by molar-refractivity contribution is -0.134. The number of likely N-dealkylation sites (tertiary alicyclic amines) is 1. The molecule has 3 rings (SSSR count). The molecule has 2 aromatic rings. The molecule has 154 valence electrons. The van der Waals surface area contributed by atoms with E-state index in [1.165, 1.54) is 5.56 Å². The molecule has 0 bridgehead atoms. The normalized spacial score (nSPS) is 15.2. The summed E-state index contributed by atoms with van der Waals surface area (Å²) in [5.41, 5.74) is 3.19. The van der Waals surface area contributed by atoms with Gasteiger partial charge in [-0.15, -0.1) is 0 Å². The Morgan fingerprint density at radius 3 is 2.24 bits per heavy atom. The number of carbonyl (C=O) groups excluding carboxylic acids is 2. The third-order valence-corrected chi connectivity index (χ3v) is 5.68. The zero-order valence-electron chi connectivity index (χ0n) is 17.8. The molecule has 0 atom stereocenters. The highest BCUT2D eigenvalue weighted by molar-refractivity contribution is 5.93. The largest absolute Gasteiger partial charge is 0.343 e. The Bertz CT molecular complexity index is 831. The Morgan fingerprint density at radius 2 is 1.59 bits per heavy atom. The summed E-state index contributed by atoms with van der Waals surface area (Å²) in [5, 5.41) is 3.14. The first-order valence-electron chi connectivity index (χ1n) is 10.6. The number of carbonyl (C=O) groups is 2. The number of benzene rings is 2. The second-order valence-corrected chi connectivity index (χ2v) is 8.93. The van der Waals surface area contributed by atoms with Gasteiger partial charge in [0.25, 0.3) is 0 Å². The molecular weight excluding hydrogens is 360 g/mol. The maximum atomic E-state index is 12.8. The summed E-state index contributed by atoms with van der Waals surface area (Å²) in [6.45, 7) is 7.77. The van der Waals surface area contributed by atoms with Crippen LogP contribution in [0.1, 0.15) is 51.2 Å². The van der Waals surface area contributed by atoms with Crippen molar-refractivity contribution in [2.45, 2.75) is 51.9 Å². The number of nitrogens with zero attached hydrogens (tertiary/aromatic N) is 1. The van der Waals surface area contributed by atoms with Crippen molar-refractivity contribution >= 4 is 17.5 Å². The molecule has 1 saturated heterocycles. The van der Waals surface area contributed by atoms with Crippen LogP contribution in [0.3, 0.4) is 0 Å². The number of para-hydroxylation sites is 1. The van der Waals surface area contributed by atoms with Crippen LogP contribution >= 0.6 is 0 Å². The average Bonchev–Trinajstić information content (AvgIpc) is 2.72. The molecule has 0 saturated carbocycles. The first kappa shape index (κ1) is 21.1. The molecule has 4 heteroatoms. The van der Waals surface area contributed by atoms with E-state index in [9.17, 15) is 9.59 Å². The molecule has 0 unspecified atom stereocenters. The number of aryl methyl sites for hydroxylation is 1. The van der Waals surface area contributed by atoms with Crippen LogP contribution in [0, 0.1) is 5.92 Å². The molecule has 1 heterocycles. The Morgan fingerprint density at radius 1 is 0.966 bits per heavy atom. The Kier molecular flexibility index (Phi) is 6.73. The standard InChI is InChI=1S/C25H32N2O2/c1-25(2,3)21-11-7-8-12-22(21)26-24(29)20-15-17-27(18-16-20)23(28)14-13-19-9-5-4-6-10-19/h4-12,20H,13-18H2,1-3H3,(H,26,29). The smallest absolute Gasteiger partial charge is 0.227 e. The van der Waals surface area contributed by atoms with E-state index in [0.29, 0.717) is 19.5 Å². The molecule has 0 aliphatic carbocycles. The number of amides is 2. The first-order chi connectivity index (χ1) is 13.8. The van der Waals surface area contributed by atoms with Crippen molar-refractivity contribution in [1.29, 1.82) is 0 Å². The summed E-state index contributed by atoms with van der Waals surface area (Å²) >= 11 is 0. The van der Waals surface area contributed by atoms with E-state index in [1.807, 2.05) is 41.3 Å². The van der Waals surface area contributed by atoms with Gasteiger partial charge in [0.1, 0.15) is 0 Å². The van der Waals surface area contributed by atoms with Crippen molar-refractivity contribution in [3.63, 3.8) is 0 Å². The van der Waals surface area contributed by atoms with Crippen molar-refractivity contribution in [1.82, 2.24) is 4.90 Å². The van der Waals surface area contributed by atoms with Crippen LogP contribution in [0.4, 0.5) is 5.69 Å². The van der Waals surface area contributed by atoms with Crippen molar-refractivity contribution in [2.75, 3.05) is 18.4 Å². The molecule has 0 radical (unpaired) electrons. The number of hydrogen-bond acceptors (Lipinski definition) is 2. The van der Waals surface area contributed by atoms with Crippen LogP contribution < -0.4 is 5.32 Å². The highest BCUT2D eigenvalue weighted by Crippen LogP contribution is 2.30. The second kappa shape index (κ2) is 9.25. The minimum Gasteiger partial charge on any atom is -0.343 e. The summed E-state index contributed by atoms with van der Waals surface area (Å²) in [4.78, 5) is 27.3. The topological polar surface area (TPSA) is 49.4 Å². The molecule has 0 aromatic heterocycles. The van der Waals surface area contributed by atoms with E-state index in [1.54, 1.807) is 0 Å². The van der Waals surface area contributed by atoms with Gasteiger partial charge in [0.15, 0.2) is 0 Å². The van der Waals surface area contributed by atoms with E-state index >= 15 is 0 Å². The fourth-order valence-corrected chi connectivity index (χ4v) is 3.93. The maximum absolute atomic E-state index is 12.8. The maximum Gasteiger partial charge on any atom is 0.227 e. The van der Waals surface area contributed by atoms with Crippen LogP contribution in [-0.2, 0) is 21.4 Å². The summed E-state index contributed by atoms with van der Waals surface area (Å²) in [6.07, 6.45) is 2.74. The van der Waals surface area contributed by atoms with Crippen molar-refractivity contribution in [2.24, 2.45) is 5.92 Å². The molecule has 4 nitrogen and oxygen atoms in total. The first-order valence-corrected chi connectivity index (χ1v) is 10.6. The highest BCUT2D eigenvalue weighted by atomic mass is 16.2. The van der Waals surface area contributed by atoms with Crippen LogP contribution in [0.25, 0.3) is 0 Å².